The predicted molar refractivity (Wildman–Crippen MR) is 116 cm³/mol. The topological polar surface area (TPSA) is 110 Å². The molecule has 10 nitrogen and oxygen atoms in total. The molecule has 13 heteroatoms. The number of rotatable bonds is 6. The number of aromatic nitrogens is 4. The van der Waals surface area contributed by atoms with E-state index in [-0.39, 0.29) is 18.0 Å². The Morgan fingerprint density at radius 3 is 2.82 bits per heavy atom. The van der Waals surface area contributed by atoms with Crippen LogP contribution in [0.3, 0.4) is 0 Å². The molecule has 2 fully saturated rings. The maximum absolute atomic E-state index is 13.3. The van der Waals surface area contributed by atoms with Gasteiger partial charge in [0.25, 0.3) is 11.8 Å². The molecule has 0 aromatic carbocycles. The number of imidazole rings is 1. The van der Waals surface area contributed by atoms with Crippen molar-refractivity contribution in [2.75, 3.05) is 31.1 Å². The van der Waals surface area contributed by atoms with Gasteiger partial charge in [0.05, 0.1) is 35.0 Å². The minimum atomic E-state index is -2.87. The zero-order chi connectivity index (χ0) is 23.3. The van der Waals surface area contributed by atoms with E-state index in [4.69, 9.17) is 9.15 Å². The predicted octanol–water partition coefficient (Wildman–Crippen LogP) is 1.91. The van der Waals surface area contributed by atoms with Crippen molar-refractivity contribution < 1.29 is 22.1 Å². The van der Waals surface area contributed by atoms with Gasteiger partial charge in [0.15, 0.2) is 5.65 Å². The second-order valence-corrected chi connectivity index (χ2v) is 9.90. The molecule has 0 radical (unpaired) electrons. The van der Waals surface area contributed by atoms with Crippen LogP contribution in [-0.2, 0) is 15.7 Å². The third-order valence-electron chi connectivity index (χ3n) is 6.19. The van der Waals surface area contributed by atoms with Crippen molar-refractivity contribution >= 4 is 22.3 Å². The molecule has 4 unspecified atom stereocenters. The maximum atomic E-state index is 13.3. The number of hydrogen-bond donors (Lipinski definition) is 2. The van der Waals surface area contributed by atoms with Gasteiger partial charge < -0.3 is 19.4 Å². The monoisotopic (exact) mass is 481 g/mol. The van der Waals surface area contributed by atoms with Crippen molar-refractivity contribution in [1.82, 2.24) is 29.6 Å². The van der Waals surface area contributed by atoms with Crippen LogP contribution >= 0.6 is 0 Å². The molecule has 0 aliphatic carbocycles. The number of alkyl halides is 2. The molecule has 0 spiro atoms. The molecule has 0 bridgehead atoms. The highest BCUT2D eigenvalue weighted by atomic mass is 32.2. The SMILES string of the molecule is CC1CN(c2cc(S(=O)NC3(C)COC3C)cn3c(-c4nnc(C(F)F)o4)cnc23)CCN1. The summed E-state index contributed by atoms with van der Waals surface area (Å²) in [5.41, 5.74) is 1.31. The lowest BCUT2D eigenvalue weighted by Gasteiger charge is -2.44. The molecule has 0 amide bonds. The molecular formula is C20H25F2N7O3S. The summed E-state index contributed by atoms with van der Waals surface area (Å²) < 4.78 is 54.8. The van der Waals surface area contributed by atoms with Gasteiger partial charge in [0, 0.05) is 31.9 Å². The molecule has 2 saturated heterocycles. The summed E-state index contributed by atoms with van der Waals surface area (Å²) in [6.45, 7) is 8.70. The van der Waals surface area contributed by atoms with E-state index in [2.05, 4.69) is 37.0 Å². The third kappa shape index (κ3) is 4.03. The minimum Gasteiger partial charge on any atom is -0.414 e. The standard InChI is InChI=1S/C20H25F2N7O3S/c1-11-8-28(5-4-23-11)14-6-13(33(30)27-20(3)10-31-12(20)2)9-29-15(7-24-17(14)29)18-25-26-19(32-18)16(21)22/h6-7,9,11-12,16,23,27H,4-5,8,10H2,1-3H3. The van der Waals surface area contributed by atoms with E-state index in [1.54, 1.807) is 10.6 Å². The Morgan fingerprint density at radius 2 is 2.18 bits per heavy atom. The van der Waals surface area contributed by atoms with Crippen molar-refractivity contribution in [2.45, 2.75) is 49.8 Å². The first kappa shape index (κ1) is 22.3. The molecule has 3 aromatic rings. The molecule has 5 rings (SSSR count). The van der Waals surface area contributed by atoms with Gasteiger partial charge in [-0.3, -0.25) is 4.40 Å². The van der Waals surface area contributed by atoms with Gasteiger partial charge in [0.1, 0.15) is 16.7 Å². The fraction of sp³-hybridized carbons (Fsp3) is 0.550. The molecule has 178 valence electrons. The molecular weight excluding hydrogens is 456 g/mol. The molecule has 2 N–H and O–H groups in total. The highest BCUT2D eigenvalue weighted by Gasteiger charge is 2.42. The van der Waals surface area contributed by atoms with Crippen molar-refractivity contribution in [1.29, 1.82) is 0 Å². The van der Waals surface area contributed by atoms with E-state index in [9.17, 15) is 13.0 Å². The van der Waals surface area contributed by atoms with E-state index in [1.807, 2.05) is 19.9 Å². The van der Waals surface area contributed by atoms with Gasteiger partial charge >= 0.3 is 6.43 Å². The Labute approximate surface area is 191 Å². The summed E-state index contributed by atoms with van der Waals surface area (Å²) in [5.74, 6) is -0.842. The lowest BCUT2D eigenvalue weighted by atomic mass is 9.93. The van der Waals surface area contributed by atoms with Gasteiger partial charge in [-0.05, 0) is 26.8 Å². The zero-order valence-corrected chi connectivity index (χ0v) is 19.2. The van der Waals surface area contributed by atoms with Crippen LogP contribution < -0.4 is 14.9 Å². The normalized spacial score (nSPS) is 26.7. The van der Waals surface area contributed by atoms with E-state index in [0.717, 1.165) is 25.3 Å². The lowest BCUT2D eigenvalue weighted by Crippen LogP contribution is -2.64. The second kappa shape index (κ2) is 8.38. The van der Waals surface area contributed by atoms with Crippen molar-refractivity contribution in [3.8, 4) is 11.6 Å². The van der Waals surface area contributed by atoms with E-state index < -0.39 is 28.8 Å². The Hall–Kier alpha value is -2.48. The lowest BCUT2D eigenvalue weighted by molar-refractivity contribution is -0.120. The molecule has 2 aliphatic rings. The fourth-order valence-electron chi connectivity index (χ4n) is 4.00. The van der Waals surface area contributed by atoms with Crippen LogP contribution in [0, 0.1) is 0 Å². The van der Waals surface area contributed by atoms with Crippen LogP contribution in [0.25, 0.3) is 17.2 Å². The summed E-state index contributed by atoms with van der Waals surface area (Å²) in [6, 6.07) is 2.12. The van der Waals surface area contributed by atoms with Gasteiger partial charge in [-0.2, -0.15) is 8.78 Å². The summed E-state index contributed by atoms with van der Waals surface area (Å²) >= 11 is 0. The quantitative estimate of drug-likeness (QED) is 0.550. The van der Waals surface area contributed by atoms with Crippen molar-refractivity contribution in [3.05, 3.63) is 24.4 Å². The number of fused-ring (bicyclic) bond motifs is 1. The number of halogens is 2. The Bertz CT molecular complexity index is 1200. The molecule has 2 aliphatic heterocycles. The number of nitrogens with zero attached hydrogens (tertiary/aromatic N) is 5. The number of ether oxygens (including phenoxy) is 1. The Kier molecular flexibility index (Phi) is 5.67. The smallest absolute Gasteiger partial charge is 0.314 e. The minimum absolute atomic E-state index is 0.0753. The first-order valence-electron chi connectivity index (χ1n) is 10.7. The van der Waals surface area contributed by atoms with Crippen LogP contribution in [0.2, 0.25) is 0 Å². The molecule has 3 aromatic heterocycles. The largest absolute Gasteiger partial charge is 0.414 e. The summed E-state index contributed by atoms with van der Waals surface area (Å²) in [7, 11) is -1.56. The van der Waals surface area contributed by atoms with Crippen LogP contribution in [0.15, 0.2) is 27.8 Å². The van der Waals surface area contributed by atoms with Gasteiger partial charge in [-0.25, -0.2) is 13.9 Å². The third-order valence-corrected chi connectivity index (χ3v) is 7.49. The Morgan fingerprint density at radius 1 is 1.36 bits per heavy atom. The van der Waals surface area contributed by atoms with E-state index in [0.29, 0.717) is 22.8 Å². The number of nitrogens with one attached hydrogen (secondary N) is 2. The van der Waals surface area contributed by atoms with Crippen LogP contribution in [0.1, 0.15) is 33.1 Å². The second-order valence-electron chi connectivity index (χ2n) is 8.69. The number of piperazine rings is 1. The number of anilines is 1. The average Bonchev–Trinajstić information content (AvgIpc) is 3.44. The summed E-state index contributed by atoms with van der Waals surface area (Å²) in [4.78, 5) is 7.19. The van der Waals surface area contributed by atoms with Crippen LogP contribution in [0.4, 0.5) is 14.5 Å². The highest BCUT2D eigenvalue weighted by Crippen LogP contribution is 2.32. The summed E-state index contributed by atoms with van der Waals surface area (Å²) in [5, 5.41) is 10.6. The average molecular weight is 482 g/mol. The molecule has 5 heterocycles. The number of pyridine rings is 1. The first-order valence-corrected chi connectivity index (χ1v) is 11.8. The van der Waals surface area contributed by atoms with Gasteiger partial charge in [-0.1, -0.05) is 0 Å². The van der Waals surface area contributed by atoms with E-state index >= 15 is 0 Å². The zero-order valence-electron chi connectivity index (χ0n) is 18.4. The molecule has 0 saturated carbocycles. The first-order chi connectivity index (χ1) is 15.7. The number of hydrogen-bond acceptors (Lipinski definition) is 8. The van der Waals surface area contributed by atoms with Gasteiger partial charge in [-0.15, -0.1) is 10.2 Å². The molecule has 33 heavy (non-hydrogen) atoms. The van der Waals surface area contributed by atoms with Crippen molar-refractivity contribution in [3.63, 3.8) is 0 Å². The van der Waals surface area contributed by atoms with Crippen LogP contribution in [0.5, 0.6) is 0 Å². The maximum Gasteiger partial charge on any atom is 0.314 e. The van der Waals surface area contributed by atoms with E-state index in [1.165, 1.54) is 6.20 Å². The molecule has 4 atom stereocenters. The Balaban J connectivity index is 1.59. The fourth-order valence-corrected chi connectivity index (χ4v) is 5.18. The highest BCUT2D eigenvalue weighted by molar-refractivity contribution is 7.83. The van der Waals surface area contributed by atoms with Gasteiger partial charge in [0.2, 0.25) is 0 Å². The van der Waals surface area contributed by atoms with Crippen LogP contribution in [-0.4, -0.2) is 67.7 Å². The van der Waals surface area contributed by atoms with Crippen molar-refractivity contribution in [2.24, 2.45) is 0 Å². The summed E-state index contributed by atoms with van der Waals surface area (Å²) in [6.07, 6.45) is 0.211.